The third-order valence-electron chi connectivity index (χ3n) is 4.46. The highest BCUT2D eigenvalue weighted by Crippen LogP contribution is 2.43. The SMILES string of the molecule is O=C(O)C1CCCN1c1nccc(S(=O)(=O)c2ccc(Cl)cc2Cl)c1C(F)(F)F. The Hall–Kier alpha value is -2.04. The van der Waals surface area contributed by atoms with E-state index in [0.29, 0.717) is 6.42 Å². The first kappa shape index (κ1) is 21.7. The number of carboxylic acid groups (broad SMARTS) is 1. The normalized spacial score (nSPS) is 17.6. The van der Waals surface area contributed by atoms with Gasteiger partial charge in [0.25, 0.3) is 0 Å². The molecule has 1 fully saturated rings. The second-order valence-corrected chi connectivity index (χ2v) is 9.00. The lowest BCUT2D eigenvalue weighted by atomic mass is 10.2. The third kappa shape index (κ3) is 4.01. The topological polar surface area (TPSA) is 87.6 Å². The molecule has 3 rings (SSSR count). The van der Waals surface area contributed by atoms with E-state index >= 15 is 0 Å². The predicted molar refractivity (Wildman–Crippen MR) is 99.2 cm³/mol. The molecule has 29 heavy (non-hydrogen) atoms. The monoisotopic (exact) mass is 468 g/mol. The van der Waals surface area contributed by atoms with Gasteiger partial charge in [-0.15, -0.1) is 0 Å². The van der Waals surface area contributed by atoms with Gasteiger partial charge >= 0.3 is 12.1 Å². The maximum atomic E-state index is 14.0. The molecule has 1 unspecified atom stereocenters. The Labute approximate surface area is 173 Å². The van der Waals surface area contributed by atoms with Crippen LogP contribution in [0.3, 0.4) is 0 Å². The van der Waals surface area contributed by atoms with Gasteiger partial charge < -0.3 is 10.0 Å². The van der Waals surface area contributed by atoms with Crippen LogP contribution in [0.1, 0.15) is 18.4 Å². The molecule has 1 aromatic carbocycles. The Morgan fingerprint density at radius 3 is 2.48 bits per heavy atom. The lowest BCUT2D eigenvalue weighted by Gasteiger charge is -2.27. The summed E-state index contributed by atoms with van der Waals surface area (Å²) in [6.45, 7) is -0.00174. The highest BCUT2D eigenvalue weighted by atomic mass is 35.5. The molecule has 0 amide bonds. The van der Waals surface area contributed by atoms with Crippen molar-refractivity contribution in [3.63, 3.8) is 0 Å². The molecule has 0 aliphatic carbocycles. The minimum Gasteiger partial charge on any atom is -0.480 e. The van der Waals surface area contributed by atoms with Gasteiger partial charge in [-0.25, -0.2) is 18.2 Å². The fourth-order valence-corrected chi connectivity index (χ4v) is 5.46. The second-order valence-electron chi connectivity index (χ2n) is 6.27. The Balaban J connectivity index is 2.27. The zero-order valence-corrected chi connectivity index (χ0v) is 16.8. The molecule has 0 spiro atoms. The van der Waals surface area contributed by atoms with E-state index in [1.807, 2.05) is 0 Å². The Kier molecular flexibility index (Phi) is 5.72. The number of pyridine rings is 1. The van der Waals surface area contributed by atoms with Crippen molar-refractivity contribution in [2.75, 3.05) is 11.4 Å². The van der Waals surface area contributed by atoms with Gasteiger partial charge in [-0.1, -0.05) is 23.2 Å². The number of carboxylic acids is 1. The zero-order valence-electron chi connectivity index (χ0n) is 14.4. The number of benzene rings is 1. The van der Waals surface area contributed by atoms with Crippen molar-refractivity contribution in [1.29, 1.82) is 0 Å². The van der Waals surface area contributed by atoms with Crippen molar-refractivity contribution in [1.82, 2.24) is 4.98 Å². The number of carbonyl (C=O) groups is 1. The van der Waals surface area contributed by atoms with E-state index in [2.05, 4.69) is 4.98 Å². The zero-order chi connectivity index (χ0) is 21.6. The molecule has 1 aliphatic heterocycles. The number of rotatable bonds is 4. The van der Waals surface area contributed by atoms with E-state index in [0.717, 1.165) is 29.3 Å². The smallest absolute Gasteiger partial charge is 0.421 e. The standard InChI is InChI=1S/C17H13Cl2F3N2O4S/c18-9-3-4-12(10(19)8-9)29(27,28)13-5-6-23-15(14(13)17(20,21)22)24-7-1-2-11(24)16(25)26/h3-6,8,11H,1-2,7H2,(H,25,26). The second kappa shape index (κ2) is 7.66. The van der Waals surface area contributed by atoms with Gasteiger partial charge in [0.1, 0.15) is 17.4 Å². The van der Waals surface area contributed by atoms with Crippen LogP contribution in [0.15, 0.2) is 40.3 Å². The van der Waals surface area contributed by atoms with Crippen LogP contribution in [0.4, 0.5) is 19.0 Å². The summed E-state index contributed by atoms with van der Waals surface area (Å²) >= 11 is 11.7. The lowest BCUT2D eigenvalue weighted by Crippen LogP contribution is -2.38. The van der Waals surface area contributed by atoms with Gasteiger partial charge in [0.2, 0.25) is 9.84 Å². The highest BCUT2D eigenvalue weighted by Gasteiger charge is 2.45. The number of alkyl halides is 3. The first-order valence-electron chi connectivity index (χ1n) is 8.20. The van der Waals surface area contributed by atoms with Crippen LogP contribution in [0, 0.1) is 0 Å². The van der Waals surface area contributed by atoms with E-state index in [-0.39, 0.29) is 23.0 Å². The summed E-state index contributed by atoms with van der Waals surface area (Å²) in [6, 6.07) is 2.79. The number of aromatic nitrogens is 1. The lowest BCUT2D eigenvalue weighted by molar-refractivity contribution is -0.141. The summed E-state index contributed by atoms with van der Waals surface area (Å²) in [4.78, 5) is 14.5. The molecule has 1 aromatic heterocycles. The summed E-state index contributed by atoms with van der Waals surface area (Å²) < 4.78 is 68.0. The molecule has 0 saturated carbocycles. The molecular weight excluding hydrogens is 456 g/mol. The highest BCUT2D eigenvalue weighted by molar-refractivity contribution is 7.91. The van der Waals surface area contributed by atoms with Crippen molar-refractivity contribution >= 4 is 44.8 Å². The molecule has 1 saturated heterocycles. The summed E-state index contributed by atoms with van der Waals surface area (Å²) in [5.74, 6) is -2.06. The number of hydrogen-bond donors (Lipinski definition) is 1. The van der Waals surface area contributed by atoms with Crippen molar-refractivity contribution in [3.05, 3.63) is 46.1 Å². The van der Waals surface area contributed by atoms with Gasteiger partial charge in [-0.2, -0.15) is 13.2 Å². The fourth-order valence-electron chi connectivity index (χ4n) is 3.23. The number of nitrogens with zero attached hydrogens (tertiary/aromatic N) is 2. The number of anilines is 1. The molecule has 0 radical (unpaired) electrons. The molecule has 6 nitrogen and oxygen atoms in total. The maximum absolute atomic E-state index is 14.0. The van der Waals surface area contributed by atoms with Crippen molar-refractivity contribution in [2.24, 2.45) is 0 Å². The van der Waals surface area contributed by atoms with Crippen molar-refractivity contribution < 1.29 is 31.5 Å². The molecule has 1 aliphatic rings. The van der Waals surface area contributed by atoms with Gasteiger partial charge in [0, 0.05) is 17.8 Å². The molecular formula is C17H13Cl2F3N2O4S. The molecule has 1 N–H and O–H groups in total. The van der Waals surface area contributed by atoms with Gasteiger partial charge in [0.15, 0.2) is 0 Å². The quantitative estimate of drug-likeness (QED) is 0.719. The minimum absolute atomic E-state index is 0.00174. The summed E-state index contributed by atoms with van der Waals surface area (Å²) in [5.41, 5.74) is -1.53. The van der Waals surface area contributed by atoms with Gasteiger partial charge in [-0.05, 0) is 37.1 Å². The number of hydrogen-bond acceptors (Lipinski definition) is 5. The van der Waals surface area contributed by atoms with Gasteiger partial charge in [0.05, 0.1) is 14.8 Å². The molecule has 156 valence electrons. The van der Waals surface area contributed by atoms with Crippen LogP contribution >= 0.6 is 23.2 Å². The number of sulfone groups is 1. The largest absolute Gasteiger partial charge is 0.480 e. The molecule has 0 bridgehead atoms. The first-order chi connectivity index (χ1) is 13.4. The number of aliphatic carboxylic acids is 1. The Bertz CT molecular complexity index is 1080. The summed E-state index contributed by atoms with van der Waals surface area (Å²) in [7, 11) is -4.71. The molecule has 2 aromatic rings. The van der Waals surface area contributed by atoms with Crippen LogP contribution in [0.5, 0.6) is 0 Å². The Morgan fingerprint density at radius 1 is 1.21 bits per heavy atom. The van der Waals surface area contributed by atoms with Gasteiger partial charge in [-0.3, -0.25) is 0 Å². The van der Waals surface area contributed by atoms with Crippen LogP contribution in [0.2, 0.25) is 10.0 Å². The van der Waals surface area contributed by atoms with E-state index in [1.165, 1.54) is 6.07 Å². The van der Waals surface area contributed by atoms with Crippen LogP contribution in [0.25, 0.3) is 0 Å². The first-order valence-corrected chi connectivity index (χ1v) is 10.4. The van der Waals surface area contributed by atoms with Crippen molar-refractivity contribution in [3.8, 4) is 0 Å². The van der Waals surface area contributed by atoms with Crippen molar-refractivity contribution in [2.45, 2.75) is 34.9 Å². The Morgan fingerprint density at radius 2 is 1.90 bits per heavy atom. The average molecular weight is 469 g/mol. The third-order valence-corrected chi connectivity index (χ3v) is 6.97. The molecule has 1 atom stereocenters. The average Bonchev–Trinajstić information content (AvgIpc) is 3.10. The summed E-state index contributed by atoms with van der Waals surface area (Å²) in [5, 5.41) is 9.08. The van der Waals surface area contributed by atoms with Crippen LogP contribution < -0.4 is 4.90 Å². The van der Waals surface area contributed by atoms with E-state index in [4.69, 9.17) is 23.2 Å². The number of halogens is 5. The molecule has 12 heteroatoms. The molecule has 2 heterocycles. The predicted octanol–water partition coefficient (Wildman–Crippen LogP) is 4.29. The fraction of sp³-hybridized carbons (Fsp3) is 0.294. The van der Waals surface area contributed by atoms with E-state index in [9.17, 15) is 31.5 Å². The van der Waals surface area contributed by atoms with Crippen LogP contribution in [-0.4, -0.2) is 37.1 Å². The summed E-state index contributed by atoms with van der Waals surface area (Å²) in [6.07, 6.45) is -3.76. The van der Waals surface area contributed by atoms with E-state index in [1.54, 1.807) is 0 Å². The van der Waals surface area contributed by atoms with E-state index < -0.39 is 49.2 Å². The maximum Gasteiger partial charge on any atom is 0.421 e. The van der Waals surface area contributed by atoms with Crippen LogP contribution in [-0.2, 0) is 20.8 Å². The minimum atomic E-state index is -5.11.